The molecule has 0 radical (unpaired) electrons. The number of hydrogen-bond acceptors (Lipinski definition) is 4. The predicted molar refractivity (Wildman–Crippen MR) is 40.1 cm³/mol. The number of carbonyl (C=O) groups excluding carboxylic acids is 1. The van der Waals surface area contributed by atoms with Crippen LogP contribution in [0.5, 0.6) is 0 Å². The van der Waals surface area contributed by atoms with E-state index in [-0.39, 0.29) is 29.3 Å². The summed E-state index contributed by atoms with van der Waals surface area (Å²) in [5.74, 6) is -0.938. The van der Waals surface area contributed by atoms with Gasteiger partial charge in [0.25, 0.3) is 0 Å². The molecule has 5 nitrogen and oxygen atoms in total. The van der Waals surface area contributed by atoms with E-state index in [0.717, 1.165) is 0 Å². The molecule has 1 aliphatic heterocycles. The molecule has 0 aromatic rings. The second-order valence-electron chi connectivity index (χ2n) is 3.11. The van der Waals surface area contributed by atoms with Gasteiger partial charge in [-0.1, -0.05) is 6.92 Å². The van der Waals surface area contributed by atoms with E-state index < -0.39 is 6.04 Å². The Morgan fingerprint density at radius 3 is 2.67 bits per heavy atom. The Bertz CT molecular complexity index is 215. The first-order valence-electron chi connectivity index (χ1n) is 3.84. The van der Waals surface area contributed by atoms with Crippen LogP contribution in [-0.4, -0.2) is 23.5 Å². The summed E-state index contributed by atoms with van der Waals surface area (Å²) in [4.78, 5) is 20.9. The van der Waals surface area contributed by atoms with Gasteiger partial charge < -0.3 is 4.74 Å². The summed E-state index contributed by atoms with van der Waals surface area (Å²) in [7, 11) is 0. The summed E-state index contributed by atoms with van der Waals surface area (Å²) < 4.78 is 4.71. The summed E-state index contributed by atoms with van der Waals surface area (Å²) in [5, 5.41) is 10.4. The molecule has 0 bridgehead atoms. The minimum atomic E-state index is -0.702. The lowest BCUT2D eigenvalue weighted by molar-refractivity contribution is -0.528. The molecule has 0 spiro atoms. The zero-order valence-electron chi connectivity index (χ0n) is 7.02. The molecule has 0 aromatic heterocycles. The minimum absolute atomic E-state index is 0.183. The van der Waals surface area contributed by atoms with E-state index in [1.165, 1.54) is 6.92 Å². The van der Waals surface area contributed by atoms with Gasteiger partial charge in [0.15, 0.2) is 0 Å². The summed E-state index contributed by atoms with van der Waals surface area (Å²) >= 11 is 0. The van der Waals surface area contributed by atoms with E-state index in [2.05, 4.69) is 0 Å². The number of esters is 1. The highest BCUT2D eigenvalue weighted by Gasteiger charge is 2.41. The fourth-order valence-electron chi connectivity index (χ4n) is 1.34. The SMILES string of the molecule is CC([C@H]1COC(=O)[C@@H]1C)[N+](=O)[O-]. The third kappa shape index (κ3) is 1.39. The predicted octanol–water partition coefficient (Wildman–Crippen LogP) is 0.461. The normalized spacial score (nSPS) is 31.3. The fourth-order valence-corrected chi connectivity index (χ4v) is 1.34. The van der Waals surface area contributed by atoms with E-state index in [9.17, 15) is 14.9 Å². The molecule has 1 fully saturated rings. The van der Waals surface area contributed by atoms with Gasteiger partial charge >= 0.3 is 5.97 Å². The average molecular weight is 173 g/mol. The van der Waals surface area contributed by atoms with Gasteiger partial charge in [-0.2, -0.15) is 0 Å². The topological polar surface area (TPSA) is 69.4 Å². The van der Waals surface area contributed by atoms with Gasteiger partial charge in [-0.3, -0.25) is 14.9 Å². The van der Waals surface area contributed by atoms with Crippen LogP contribution < -0.4 is 0 Å². The van der Waals surface area contributed by atoms with E-state index >= 15 is 0 Å². The van der Waals surface area contributed by atoms with Crippen molar-refractivity contribution in [2.75, 3.05) is 6.61 Å². The Kier molecular flexibility index (Phi) is 2.30. The Balaban J connectivity index is 2.65. The highest BCUT2D eigenvalue weighted by atomic mass is 16.6. The zero-order chi connectivity index (χ0) is 9.30. The van der Waals surface area contributed by atoms with Crippen LogP contribution >= 0.6 is 0 Å². The number of nitro groups is 1. The standard InChI is InChI=1S/C7H11NO4/c1-4-6(3-12-7(4)9)5(2)8(10)11/h4-6H,3H2,1-2H3/t4-,5?,6+/m1/s1. The molecule has 0 aromatic carbocycles. The van der Waals surface area contributed by atoms with Crippen molar-refractivity contribution in [1.82, 2.24) is 0 Å². The number of nitrogens with zero attached hydrogens (tertiary/aromatic N) is 1. The van der Waals surface area contributed by atoms with Crippen LogP contribution in [-0.2, 0) is 9.53 Å². The van der Waals surface area contributed by atoms with Crippen LogP contribution in [0, 0.1) is 22.0 Å². The molecular formula is C7H11NO4. The molecule has 0 saturated carbocycles. The molecule has 68 valence electrons. The molecule has 0 amide bonds. The molecular weight excluding hydrogens is 162 g/mol. The van der Waals surface area contributed by atoms with Crippen LogP contribution in [0.25, 0.3) is 0 Å². The van der Waals surface area contributed by atoms with Gasteiger partial charge in [-0.15, -0.1) is 0 Å². The molecule has 1 unspecified atom stereocenters. The van der Waals surface area contributed by atoms with E-state index in [4.69, 9.17) is 4.74 Å². The maximum atomic E-state index is 10.9. The summed E-state index contributed by atoms with van der Waals surface area (Å²) in [6.45, 7) is 3.35. The lowest BCUT2D eigenvalue weighted by Crippen LogP contribution is -2.30. The van der Waals surface area contributed by atoms with Crippen molar-refractivity contribution in [3.8, 4) is 0 Å². The van der Waals surface area contributed by atoms with Crippen LogP contribution in [0.15, 0.2) is 0 Å². The second-order valence-corrected chi connectivity index (χ2v) is 3.11. The van der Waals surface area contributed by atoms with Gasteiger partial charge in [0, 0.05) is 11.8 Å². The van der Waals surface area contributed by atoms with Crippen molar-refractivity contribution in [3.05, 3.63) is 10.1 Å². The maximum absolute atomic E-state index is 10.9. The molecule has 1 saturated heterocycles. The Labute approximate surface area is 69.9 Å². The number of carbonyl (C=O) groups is 1. The third-order valence-electron chi connectivity index (χ3n) is 2.38. The Hall–Kier alpha value is -1.13. The fraction of sp³-hybridized carbons (Fsp3) is 0.857. The maximum Gasteiger partial charge on any atom is 0.309 e. The lowest BCUT2D eigenvalue weighted by atomic mass is 9.91. The molecule has 5 heteroatoms. The highest BCUT2D eigenvalue weighted by Crippen LogP contribution is 2.25. The zero-order valence-corrected chi connectivity index (χ0v) is 7.02. The van der Waals surface area contributed by atoms with E-state index in [1.807, 2.05) is 0 Å². The minimum Gasteiger partial charge on any atom is -0.465 e. The Morgan fingerprint density at radius 2 is 2.33 bits per heavy atom. The van der Waals surface area contributed by atoms with Gasteiger partial charge in [0.05, 0.1) is 11.8 Å². The first kappa shape index (κ1) is 8.96. The molecule has 0 aliphatic carbocycles. The van der Waals surface area contributed by atoms with Gasteiger partial charge in [0.1, 0.15) is 6.61 Å². The third-order valence-corrected chi connectivity index (χ3v) is 2.38. The monoisotopic (exact) mass is 173 g/mol. The first-order chi connectivity index (χ1) is 5.54. The van der Waals surface area contributed by atoms with Gasteiger partial charge in [-0.05, 0) is 0 Å². The molecule has 1 heterocycles. The second kappa shape index (κ2) is 3.08. The van der Waals surface area contributed by atoms with Crippen molar-refractivity contribution in [2.45, 2.75) is 19.9 Å². The molecule has 1 rings (SSSR count). The largest absolute Gasteiger partial charge is 0.465 e. The van der Waals surface area contributed by atoms with Crippen molar-refractivity contribution in [3.63, 3.8) is 0 Å². The smallest absolute Gasteiger partial charge is 0.309 e. The Morgan fingerprint density at radius 1 is 1.75 bits per heavy atom. The van der Waals surface area contributed by atoms with Crippen molar-refractivity contribution in [1.29, 1.82) is 0 Å². The number of cyclic esters (lactones) is 1. The molecule has 3 atom stereocenters. The number of rotatable bonds is 2. The van der Waals surface area contributed by atoms with Crippen LogP contribution in [0.1, 0.15) is 13.8 Å². The van der Waals surface area contributed by atoms with Gasteiger partial charge in [0.2, 0.25) is 6.04 Å². The first-order valence-corrected chi connectivity index (χ1v) is 3.84. The van der Waals surface area contributed by atoms with Crippen LogP contribution in [0.3, 0.4) is 0 Å². The van der Waals surface area contributed by atoms with Crippen LogP contribution in [0.4, 0.5) is 0 Å². The van der Waals surface area contributed by atoms with Crippen LogP contribution in [0.2, 0.25) is 0 Å². The summed E-state index contributed by atoms with van der Waals surface area (Å²) in [6.07, 6.45) is 0. The van der Waals surface area contributed by atoms with Crippen molar-refractivity contribution < 1.29 is 14.5 Å². The summed E-state index contributed by atoms with van der Waals surface area (Å²) in [5.41, 5.74) is 0. The molecule has 1 aliphatic rings. The van der Waals surface area contributed by atoms with Crippen molar-refractivity contribution >= 4 is 5.97 Å². The lowest BCUT2D eigenvalue weighted by Gasteiger charge is -2.11. The van der Waals surface area contributed by atoms with E-state index in [1.54, 1.807) is 6.92 Å². The average Bonchev–Trinajstić information content (AvgIpc) is 2.32. The van der Waals surface area contributed by atoms with E-state index in [0.29, 0.717) is 0 Å². The molecule has 0 N–H and O–H groups in total. The number of ether oxygens (including phenoxy) is 1. The quantitative estimate of drug-likeness (QED) is 0.345. The number of hydrogen-bond donors (Lipinski definition) is 0. The summed E-state index contributed by atoms with van der Waals surface area (Å²) in [6, 6.07) is -0.702. The molecule has 12 heavy (non-hydrogen) atoms. The highest BCUT2D eigenvalue weighted by molar-refractivity contribution is 5.74. The van der Waals surface area contributed by atoms with Gasteiger partial charge in [-0.25, -0.2) is 0 Å². The van der Waals surface area contributed by atoms with Crippen molar-refractivity contribution in [2.24, 2.45) is 11.8 Å².